The highest BCUT2D eigenvalue weighted by Gasteiger charge is 2.03. The summed E-state index contributed by atoms with van der Waals surface area (Å²) in [5.41, 5.74) is 1.81. The Morgan fingerprint density at radius 3 is 2.63 bits per heavy atom. The molecule has 0 aliphatic rings. The largest absolute Gasteiger partial charge is 0.367 e. The fourth-order valence-corrected chi connectivity index (χ4v) is 1.56. The number of aryl methyl sites for hydroxylation is 1. The van der Waals surface area contributed by atoms with Gasteiger partial charge in [-0.25, -0.2) is 4.98 Å². The number of nitrogens with zero attached hydrogens (tertiary/aromatic N) is 2. The molecule has 0 saturated heterocycles. The molecule has 1 aromatic heterocycles. The second-order valence-corrected chi connectivity index (χ2v) is 4.14. The molecule has 0 radical (unpaired) electrons. The summed E-state index contributed by atoms with van der Waals surface area (Å²) in [5, 5.41) is 5.91. The van der Waals surface area contributed by atoms with Crippen LogP contribution in [0.1, 0.15) is 15.9 Å². The van der Waals surface area contributed by atoms with Crippen molar-refractivity contribution in [1.82, 2.24) is 15.3 Å². The van der Waals surface area contributed by atoms with Crippen molar-refractivity contribution in [3.8, 4) is 0 Å². The van der Waals surface area contributed by atoms with Crippen LogP contribution in [0.2, 0.25) is 0 Å². The first-order valence-corrected chi connectivity index (χ1v) is 6.10. The van der Waals surface area contributed by atoms with Gasteiger partial charge in [0.1, 0.15) is 5.82 Å². The van der Waals surface area contributed by atoms with E-state index in [4.69, 9.17) is 0 Å². The average molecular weight is 256 g/mol. The van der Waals surface area contributed by atoms with Crippen molar-refractivity contribution < 1.29 is 4.79 Å². The lowest BCUT2D eigenvalue weighted by Crippen LogP contribution is -2.28. The molecular weight excluding hydrogens is 240 g/mol. The highest BCUT2D eigenvalue weighted by atomic mass is 16.1. The van der Waals surface area contributed by atoms with E-state index in [9.17, 15) is 4.79 Å². The van der Waals surface area contributed by atoms with Crippen molar-refractivity contribution in [2.75, 3.05) is 18.4 Å². The third-order valence-electron chi connectivity index (χ3n) is 2.59. The molecule has 0 saturated carbocycles. The van der Waals surface area contributed by atoms with Gasteiger partial charge < -0.3 is 10.6 Å². The maximum Gasteiger partial charge on any atom is 0.251 e. The number of aromatic nitrogens is 2. The summed E-state index contributed by atoms with van der Waals surface area (Å²) < 4.78 is 0. The normalized spacial score (nSPS) is 9.95. The molecule has 1 amide bonds. The van der Waals surface area contributed by atoms with E-state index in [2.05, 4.69) is 20.6 Å². The summed E-state index contributed by atoms with van der Waals surface area (Å²) in [7, 11) is 0. The van der Waals surface area contributed by atoms with E-state index in [-0.39, 0.29) is 5.91 Å². The molecule has 2 N–H and O–H groups in total. The van der Waals surface area contributed by atoms with Crippen LogP contribution in [0.3, 0.4) is 0 Å². The molecule has 5 nitrogen and oxygen atoms in total. The third-order valence-corrected chi connectivity index (χ3v) is 2.59. The van der Waals surface area contributed by atoms with Crippen LogP contribution in [0, 0.1) is 6.92 Å². The Hall–Kier alpha value is -2.43. The molecule has 5 heteroatoms. The lowest BCUT2D eigenvalue weighted by molar-refractivity contribution is 0.0955. The highest BCUT2D eigenvalue weighted by Crippen LogP contribution is 2.02. The van der Waals surface area contributed by atoms with Gasteiger partial charge in [-0.1, -0.05) is 17.7 Å². The second kappa shape index (κ2) is 6.49. The molecule has 0 aliphatic carbocycles. The molecular formula is C14H16N4O. The van der Waals surface area contributed by atoms with Gasteiger partial charge in [0.2, 0.25) is 0 Å². The number of hydrogen-bond donors (Lipinski definition) is 2. The SMILES string of the molecule is Cc1ccc(C(=O)NCCNc2cnccn2)cc1. The molecule has 0 atom stereocenters. The zero-order chi connectivity index (χ0) is 13.5. The van der Waals surface area contributed by atoms with Gasteiger partial charge >= 0.3 is 0 Å². The van der Waals surface area contributed by atoms with Crippen LogP contribution >= 0.6 is 0 Å². The van der Waals surface area contributed by atoms with Gasteiger partial charge in [-0.15, -0.1) is 0 Å². The predicted octanol–water partition coefficient (Wildman–Crippen LogP) is 1.63. The lowest BCUT2D eigenvalue weighted by Gasteiger charge is -2.07. The summed E-state index contributed by atoms with van der Waals surface area (Å²) >= 11 is 0. The van der Waals surface area contributed by atoms with E-state index >= 15 is 0 Å². The number of carbonyl (C=O) groups excluding carboxylic acids is 1. The van der Waals surface area contributed by atoms with Crippen molar-refractivity contribution in [2.45, 2.75) is 6.92 Å². The minimum absolute atomic E-state index is 0.0686. The topological polar surface area (TPSA) is 66.9 Å². The smallest absolute Gasteiger partial charge is 0.251 e. The van der Waals surface area contributed by atoms with E-state index in [1.165, 1.54) is 0 Å². The molecule has 0 unspecified atom stereocenters. The van der Waals surface area contributed by atoms with Crippen LogP contribution in [0.4, 0.5) is 5.82 Å². The van der Waals surface area contributed by atoms with E-state index in [0.717, 1.165) is 5.56 Å². The second-order valence-electron chi connectivity index (χ2n) is 4.14. The number of rotatable bonds is 5. The van der Waals surface area contributed by atoms with Crippen LogP contribution in [0.25, 0.3) is 0 Å². The zero-order valence-corrected chi connectivity index (χ0v) is 10.8. The van der Waals surface area contributed by atoms with E-state index < -0.39 is 0 Å². The standard InChI is InChI=1S/C14H16N4O/c1-11-2-4-12(5-3-11)14(19)18-9-8-17-13-10-15-6-7-16-13/h2-7,10H,8-9H2,1H3,(H,16,17)(H,18,19). The highest BCUT2D eigenvalue weighted by molar-refractivity contribution is 5.94. The number of benzene rings is 1. The molecule has 1 heterocycles. The minimum Gasteiger partial charge on any atom is -0.367 e. The quantitative estimate of drug-likeness (QED) is 0.798. The molecule has 0 spiro atoms. The first kappa shape index (κ1) is 13.0. The molecule has 0 aliphatic heterocycles. The van der Waals surface area contributed by atoms with Crippen molar-refractivity contribution in [3.63, 3.8) is 0 Å². The van der Waals surface area contributed by atoms with E-state index in [1.54, 1.807) is 18.6 Å². The van der Waals surface area contributed by atoms with Crippen molar-refractivity contribution >= 4 is 11.7 Å². The Kier molecular flexibility index (Phi) is 4.44. The van der Waals surface area contributed by atoms with Gasteiger partial charge in [0.25, 0.3) is 5.91 Å². The molecule has 1 aromatic carbocycles. The average Bonchev–Trinajstić information content (AvgIpc) is 2.45. The zero-order valence-electron chi connectivity index (χ0n) is 10.8. The number of nitrogens with one attached hydrogen (secondary N) is 2. The third kappa shape index (κ3) is 4.06. The fourth-order valence-electron chi connectivity index (χ4n) is 1.56. The van der Waals surface area contributed by atoms with Crippen molar-refractivity contribution in [1.29, 1.82) is 0 Å². The van der Waals surface area contributed by atoms with E-state index in [1.807, 2.05) is 31.2 Å². The summed E-state index contributed by atoms with van der Waals surface area (Å²) in [5.74, 6) is 0.632. The Bertz CT molecular complexity index is 525. The van der Waals surface area contributed by atoms with Gasteiger partial charge in [-0.2, -0.15) is 0 Å². The van der Waals surface area contributed by atoms with Gasteiger partial charge in [-0.05, 0) is 19.1 Å². The first-order chi connectivity index (χ1) is 9.25. The fraction of sp³-hybridized carbons (Fsp3) is 0.214. The molecule has 98 valence electrons. The van der Waals surface area contributed by atoms with Gasteiger partial charge in [0, 0.05) is 31.0 Å². The van der Waals surface area contributed by atoms with Crippen LogP contribution in [-0.4, -0.2) is 29.0 Å². The predicted molar refractivity (Wildman–Crippen MR) is 74.0 cm³/mol. The molecule has 19 heavy (non-hydrogen) atoms. The minimum atomic E-state index is -0.0686. The Morgan fingerprint density at radius 1 is 1.16 bits per heavy atom. The van der Waals surface area contributed by atoms with Crippen LogP contribution in [0.5, 0.6) is 0 Å². The first-order valence-electron chi connectivity index (χ1n) is 6.10. The number of amides is 1. The van der Waals surface area contributed by atoms with Crippen molar-refractivity contribution in [2.24, 2.45) is 0 Å². The van der Waals surface area contributed by atoms with Crippen LogP contribution in [-0.2, 0) is 0 Å². The summed E-state index contributed by atoms with van der Waals surface area (Å²) in [6.07, 6.45) is 4.87. The van der Waals surface area contributed by atoms with Gasteiger partial charge in [0.15, 0.2) is 0 Å². The lowest BCUT2D eigenvalue weighted by atomic mass is 10.1. The molecule has 0 bridgehead atoms. The summed E-state index contributed by atoms with van der Waals surface area (Å²) in [6.45, 7) is 3.13. The van der Waals surface area contributed by atoms with E-state index in [0.29, 0.717) is 24.5 Å². The van der Waals surface area contributed by atoms with Crippen LogP contribution < -0.4 is 10.6 Å². The van der Waals surface area contributed by atoms with Gasteiger partial charge in [-0.3, -0.25) is 9.78 Å². The maximum absolute atomic E-state index is 11.8. The molecule has 0 fully saturated rings. The summed E-state index contributed by atoms with van der Waals surface area (Å²) in [4.78, 5) is 19.8. The number of hydrogen-bond acceptors (Lipinski definition) is 4. The monoisotopic (exact) mass is 256 g/mol. The maximum atomic E-state index is 11.8. The Balaban J connectivity index is 1.74. The van der Waals surface area contributed by atoms with Gasteiger partial charge in [0.05, 0.1) is 6.20 Å². The summed E-state index contributed by atoms with van der Waals surface area (Å²) in [6, 6.07) is 7.49. The Morgan fingerprint density at radius 2 is 1.95 bits per heavy atom. The number of carbonyl (C=O) groups is 1. The van der Waals surface area contributed by atoms with Crippen LogP contribution in [0.15, 0.2) is 42.9 Å². The molecule has 2 aromatic rings. The van der Waals surface area contributed by atoms with Crippen molar-refractivity contribution in [3.05, 3.63) is 54.0 Å². The number of anilines is 1. The molecule has 2 rings (SSSR count). The Labute approximate surface area is 112 Å².